The molecule has 1 aromatic carbocycles. The molecule has 0 saturated carbocycles. The second-order valence-corrected chi connectivity index (χ2v) is 5.30. The number of rotatable bonds is 4. The summed E-state index contributed by atoms with van der Waals surface area (Å²) in [6, 6.07) is 7.43. The standard InChI is InChI=1S/C15H22N2O3.CH2O2/c1-16(2)10-12-11-20-9-8-17(12)15(18)13-6-4-5-7-14(13)19-3;2-1-3/h4-7,12H,8-11H2,1-3H3;1H,(H,2,3). The number of hydrogen-bond acceptors (Lipinski definition) is 5. The van der Waals surface area contributed by atoms with Crippen LogP contribution in [0.5, 0.6) is 5.75 Å². The van der Waals surface area contributed by atoms with Crippen LogP contribution >= 0.6 is 0 Å². The lowest BCUT2D eigenvalue weighted by molar-refractivity contribution is -0.122. The number of para-hydroxylation sites is 1. The van der Waals surface area contributed by atoms with Crippen molar-refractivity contribution in [3.8, 4) is 5.75 Å². The van der Waals surface area contributed by atoms with E-state index in [0.717, 1.165) is 6.54 Å². The first kappa shape index (κ1) is 18.9. The van der Waals surface area contributed by atoms with Gasteiger partial charge >= 0.3 is 0 Å². The molecule has 0 aromatic heterocycles. The van der Waals surface area contributed by atoms with Crippen LogP contribution in [0.4, 0.5) is 0 Å². The molecule has 1 N–H and O–H groups in total. The van der Waals surface area contributed by atoms with Crippen molar-refractivity contribution in [2.75, 3.05) is 47.5 Å². The minimum atomic E-state index is -0.250. The number of amides is 1. The van der Waals surface area contributed by atoms with Crippen LogP contribution in [0.3, 0.4) is 0 Å². The number of morpholine rings is 1. The van der Waals surface area contributed by atoms with E-state index in [1.54, 1.807) is 7.11 Å². The third-order valence-corrected chi connectivity index (χ3v) is 3.40. The molecule has 7 nitrogen and oxygen atoms in total. The topological polar surface area (TPSA) is 79.3 Å². The molecule has 0 spiro atoms. The fourth-order valence-electron chi connectivity index (χ4n) is 2.47. The van der Waals surface area contributed by atoms with Gasteiger partial charge in [0.25, 0.3) is 12.4 Å². The molecule has 0 bridgehead atoms. The van der Waals surface area contributed by atoms with E-state index in [9.17, 15) is 4.79 Å². The molecule has 1 unspecified atom stereocenters. The smallest absolute Gasteiger partial charge is 0.290 e. The molecule has 0 aliphatic carbocycles. The van der Waals surface area contributed by atoms with Crippen molar-refractivity contribution in [1.29, 1.82) is 0 Å². The highest BCUT2D eigenvalue weighted by atomic mass is 16.5. The quantitative estimate of drug-likeness (QED) is 0.825. The number of carboxylic acid groups (broad SMARTS) is 1. The van der Waals surface area contributed by atoms with Crippen molar-refractivity contribution in [2.45, 2.75) is 6.04 Å². The van der Waals surface area contributed by atoms with Gasteiger partial charge in [-0.25, -0.2) is 0 Å². The summed E-state index contributed by atoms with van der Waals surface area (Å²) in [6.45, 7) is 2.33. The first-order valence-corrected chi connectivity index (χ1v) is 7.29. The van der Waals surface area contributed by atoms with Crippen LogP contribution in [-0.2, 0) is 9.53 Å². The van der Waals surface area contributed by atoms with Gasteiger partial charge in [-0.15, -0.1) is 0 Å². The van der Waals surface area contributed by atoms with Crippen LogP contribution < -0.4 is 4.74 Å². The Kier molecular flexibility index (Phi) is 8.07. The predicted octanol–water partition coefficient (Wildman–Crippen LogP) is 0.799. The van der Waals surface area contributed by atoms with Crippen LogP contribution in [0.15, 0.2) is 24.3 Å². The van der Waals surface area contributed by atoms with Gasteiger partial charge in [0.05, 0.1) is 31.9 Å². The molecule has 23 heavy (non-hydrogen) atoms. The van der Waals surface area contributed by atoms with E-state index in [1.165, 1.54) is 0 Å². The maximum absolute atomic E-state index is 12.7. The van der Waals surface area contributed by atoms with E-state index < -0.39 is 0 Å². The van der Waals surface area contributed by atoms with E-state index in [0.29, 0.717) is 31.1 Å². The van der Waals surface area contributed by atoms with Crippen molar-refractivity contribution in [3.63, 3.8) is 0 Å². The average Bonchev–Trinajstić information content (AvgIpc) is 2.55. The fourth-order valence-corrected chi connectivity index (χ4v) is 2.47. The molecular weight excluding hydrogens is 300 g/mol. The zero-order chi connectivity index (χ0) is 17.2. The van der Waals surface area contributed by atoms with Crippen molar-refractivity contribution in [2.24, 2.45) is 0 Å². The first-order chi connectivity index (χ1) is 11.0. The van der Waals surface area contributed by atoms with Gasteiger partial charge in [0.2, 0.25) is 0 Å². The minimum absolute atomic E-state index is 0.0117. The lowest BCUT2D eigenvalue weighted by Crippen LogP contribution is -2.52. The predicted molar refractivity (Wildman–Crippen MR) is 85.9 cm³/mol. The summed E-state index contributed by atoms with van der Waals surface area (Å²) in [4.78, 5) is 25.1. The van der Waals surface area contributed by atoms with E-state index in [1.807, 2.05) is 43.3 Å². The summed E-state index contributed by atoms with van der Waals surface area (Å²) < 4.78 is 10.8. The lowest BCUT2D eigenvalue weighted by Gasteiger charge is -2.37. The van der Waals surface area contributed by atoms with Gasteiger partial charge in [0, 0.05) is 13.1 Å². The molecule has 128 valence electrons. The van der Waals surface area contributed by atoms with Gasteiger partial charge in [-0.2, -0.15) is 0 Å². The van der Waals surface area contributed by atoms with Gasteiger partial charge in [0.15, 0.2) is 0 Å². The van der Waals surface area contributed by atoms with Gasteiger partial charge < -0.3 is 24.4 Å². The Labute approximate surface area is 136 Å². The Morgan fingerprint density at radius 2 is 2.13 bits per heavy atom. The van der Waals surface area contributed by atoms with E-state index in [-0.39, 0.29) is 18.4 Å². The Morgan fingerprint density at radius 1 is 1.48 bits per heavy atom. The Morgan fingerprint density at radius 3 is 2.74 bits per heavy atom. The van der Waals surface area contributed by atoms with Crippen LogP contribution in [0, 0.1) is 0 Å². The Hall–Kier alpha value is -2.12. The molecule has 1 aromatic rings. The van der Waals surface area contributed by atoms with Crippen molar-refractivity contribution >= 4 is 12.4 Å². The molecule has 1 saturated heterocycles. The van der Waals surface area contributed by atoms with Gasteiger partial charge in [-0.05, 0) is 26.2 Å². The maximum atomic E-state index is 12.7. The van der Waals surface area contributed by atoms with Gasteiger partial charge in [-0.3, -0.25) is 9.59 Å². The summed E-state index contributed by atoms with van der Waals surface area (Å²) in [5, 5.41) is 6.89. The number of methoxy groups -OCH3 is 1. The molecule has 1 heterocycles. The van der Waals surface area contributed by atoms with Crippen LogP contribution in [0.2, 0.25) is 0 Å². The summed E-state index contributed by atoms with van der Waals surface area (Å²) in [5.41, 5.74) is 0.612. The Balaban J connectivity index is 0.000000816. The Bertz CT molecular complexity index is 507. The van der Waals surface area contributed by atoms with Crippen molar-refractivity contribution in [3.05, 3.63) is 29.8 Å². The number of likely N-dealkylation sites (N-methyl/N-ethyl adjacent to an activating group) is 1. The van der Waals surface area contributed by atoms with Gasteiger partial charge in [0.1, 0.15) is 5.75 Å². The molecule has 0 radical (unpaired) electrons. The average molecular weight is 324 g/mol. The number of carbonyl (C=O) groups is 2. The molecule has 1 fully saturated rings. The molecule has 1 amide bonds. The third kappa shape index (κ3) is 5.54. The van der Waals surface area contributed by atoms with Crippen molar-refractivity contribution in [1.82, 2.24) is 9.80 Å². The number of carbonyl (C=O) groups excluding carboxylic acids is 1. The lowest BCUT2D eigenvalue weighted by atomic mass is 10.1. The first-order valence-electron chi connectivity index (χ1n) is 7.29. The van der Waals surface area contributed by atoms with E-state index in [2.05, 4.69) is 4.90 Å². The molecule has 1 aliphatic heterocycles. The van der Waals surface area contributed by atoms with Crippen LogP contribution in [0.25, 0.3) is 0 Å². The number of ether oxygens (including phenoxy) is 2. The van der Waals surface area contributed by atoms with Crippen molar-refractivity contribution < 1.29 is 24.2 Å². The second kappa shape index (κ2) is 9.81. The molecule has 7 heteroatoms. The third-order valence-electron chi connectivity index (χ3n) is 3.40. The summed E-state index contributed by atoms with van der Waals surface area (Å²) in [6.07, 6.45) is 0. The normalized spacial score (nSPS) is 17.2. The molecule has 2 rings (SSSR count). The maximum Gasteiger partial charge on any atom is 0.290 e. The zero-order valence-electron chi connectivity index (χ0n) is 13.8. The van der Waals surface area contributed by atoms with Crippen LogP contribution in [-0.4, -0.2) is 80.8 Å². The highest BCUT2D eigenvalue weighted by Crippen LogP contribution is 2.21. The van der Waals surface area contributed by atoms with Gasteiger partial charge in [-0.1, -0.05) is 12.1 Å². The molecular formula is C16H24N2O5. The second-order valence-electron chi connectivity index (χ2n) is 5.30. The highest BCUT2D eigenvalue weighted by molar-refractivity contribution is 5.97. The number of hydrogen-bond donors (Lipinski definition) is 1. The zero-order valence-corrected chi connectivity index (χ0v) is 13.8. The largest absolute Gasteiger partial charge is 0.496 e. The molecule has 1 aliphatic rings. The molecule has 1 atom stereocenters. The van der Waals surface area contributed by atoms with E-state index >= 15 is 0 Å². The minimum Gasteiger partial charge on any atom is -0.496 e. The summed E-state index contributed by atoms with van der Waals surface area (Å²) in [7, 11) is 5.59. The highest BCUT2D eigenvalue weighted by Gasteiger charge is 2.29. The number of nitrogens with zero attached hydrogens (tertiary/aromatic N) is 2. The monoisotopic (exact) mass is 324 g/mol. The fraction of sp³-hybridized carbons (Fsp3) is 0.500. The summed E-state index contributed by atoms with van der Waals surface area (Å²) in [5.74, 6) is 0.630. The summed E-state index contributed by atoms with van der Waals surface area (Å²) >= 11 is 0. The van der Waals surface area contributed by atoms with Crippen LogP contribution in [0.1, 0.15) is 10.4 Å². The van der Waals surface area contributed by atoms with E-state index in [4.69, 9.17) is 19.4 Å². The number of benzene rings is 1. The SMILES string of the molecule is COc1ccccc1C(=O)N1CCOCC1CN(C)C.O=CO.